The molecule has 0 fully saturated rings. The van der Waals surface area contributed by atoms with Crippen molar-refractivity contribution in [1.82, 2.24) is 0 Å². The number of unbranched alkanes of at least 4 members (excludes halogenated alkanes) is 6. The van der Waals surface area contributed by atoms with Gasteiger partial charge in [-0.15, -0.1) is 0 Å². The number of hydrogen-bond donors (Lipinski definition) is 0. The minimum absolute atomic E-state index is 0.259. The highest BCUT2D eigenvalue weighted by Crippen LogP contribution is 2.07. The molecule has 0 atom stereocenters. The quantitative estimate of drug-likeness (QED) is 0.311. The summed E-state index contributed by atoms with van der Waals surface area (Å²) in [7, 11) is 0. The van der Waals surface area contributed by atoms with Crippen LogP contribution >= 0.6 is 0 Å². The third kappa shape index (κ3) is 14.6. The third-order valence-corrected chi connectivity index (χ3v) is 2.88. The largest absolute Gasteiger partial charge is 0.463 e. The highest BCUT2D eigenvalue weighted by molar-refractivity contribution is 5.82. The second kappa shape index (κ2) is 14.8. The van der Waals surface area contributed by atoms with Crippen LogP contribution in [-0.2, 0) is 19.1 Å². The molecule has 0 aliphatic rings. The van der Waals surface area contributed by atoms with Gasteiger partial charge in [-0.3, -0.25) is 0 Å². The van der Waals surface area contributed by atoms with Gasteiger partial charge in [-0.25, -0.2) is 9.59 Å². The first-order valence-electron chi connectivity index (χ1n) is 7.79. The summed E-state index contributed by atoms with van der Waals surface area (Å²) < 4.78 is 10.0. The maximum Gasteiger partial charge on any atom is 0.330 e. The van der Waals surface area contributed by atoms with Crippen LogP contribution in [0.5, 0.6) is 0 Å². The van der Waals surface area contributed by atoms with Gasteiger partial charge in [0.1, 0.15) is 0 Å². The Bertz CT molecular complexity index is 300. The van der Waals surface area contributed by atoms with Gasteiger partial charge in [0.05, 0.1) is 13.2 Å². The van der Waals surface area contributed by atoms with Gasteiger partial charge < -0.3 is 9.47 Å². The summed E-state index contributed by atoms with van der Waals surface area (Å²) in [6.07, 6.45) is 13.7. The number of allylic oxidation sites excluding steroid dienone is 2. The Labute approximate surface area is 128 Å². The summed E-state index contributed by atoms with van der Waals surface area (Å²) in [5.74, 6) is -0.519. The Hall–Kier alpha value is -1.58. The highest BCUT2D eigenvalue weighted by Gasteiger charge is 1.97. The van der Waals surface area contributed by atoms with E-state index in [-0.39, 0.29) is 11.9 Å². The van der Waals surface area contributed by atoms with E-state index in [1.54, 1.807) is 26.0 Å². The molecule has 0 spiro atoms. The number of carbonyl (C=O) groups is 2. The number of carbonyl (C=O) groups excluding carboxylic acids is 2. The van der Waals surface area contributed by atoms with Crippen LogP contribution in [0.2, 0.25) is 0 Å². The number of hydrogen-bond acceptors (Lipinski definition) is 4. The average molecular weight is 296 g/mol. The van der Waals surface area contributed by atoms with Crippen molar-refractivity contribution in [3.63, 3.8) is 0 Å². The monoisotopic (exact) mass is 296 g/mol. The zero-order valence-corrected chi connectivity index (χ0v) is 13.3. The molecular weight excluding hydrogens is 268 g/mol. The van der Waals surface area contributed by atoms with Crippen molar-refractivity contribution < 1.29 is 19.1 Å². The first kappa shape index (κ1) is 19.4. The number of esters is 2. The van der Waals surface area contributed by atoms with Crippen LogP contribution in [-0.4, -0.2) is 25.2 Å². The van der Waals surface area contributed by atoms with E-state index in [2.05, 4.69) is 0 Å². The number of rotatable bonds is 12. The van der Waals surface area contributed by atoms with Crippen LogP contribution < -0.4 is 0 Å². The minimum atomic E-state index is -0.259. The van der Waals surface area contributed by atoms with E-state index in [9.17, 15) is 9.59 Å². The molecule has 4 heteroatoms. The summed E-state index contributed by atoms with van der Waals surface area (Å²) >= 11 is 0. The van der Waals surface area contributed by atoms with Crippen LogP contribution in [0.3, 0.4) is 0 Å². The SMILES string of the molecule is CC=CC(=O)OCCCCCCCCCOC(=O)C=CC. The fraction of sp³-hybridized carbons (Fsp3) is 0.647. The van der Waals surface area contributed by atoms with Crippen LogP contribution in [0, 0.1) is 0 Å². The molecule has 0 amide bonds. The van der Waals surface area contributed by atoms with Gasteiger partial charge in [-0.2, -0.15) is 0 Å². The first-order chi connectivity index (χ1) is 10.2. The molecule has 0 aromatic heterocycles. The second-order valence-electron chi connectivity index (χ2n) is 4.81. The molecule has 0 aromatic rings. The molecule has 0 saturated carbocycles. The Morgan fingerprint density at radius 1 is 0.667 bits per heavy atom. The third-order valence-electron chi connectivity index (χ3n) is 2.88. The highest BCUT2D eigenvalue weighted by atomic mass is 16.5. The molecule has 0 unspecified atom stereocenters. The van der Waals surface area contributed by atoms with E-state index in [0.29, 0.717) is 13.2 Å². The smallest absolute Gasteiger partial charge is 0.330 e. The fourth-order valence-corrected chi connectivity index (χ4v) is 1.80. The summed E-state index contributed by atoms with van der Waals surface area (Å²) in [6.45, 7) is 4.60. The number of ether oxygens (including phenoxy) is 2. The predicted octanol–water partition coefficient (Wildman–Crippen LogP) is 3.96. The van der Waals surface area contributed by atoms with Crippen LogP contribution in [0.15, 0.2) is 24.3 Å². The molecule has 21 heavy (non-hydrogen) atoms. The minimum Gasteiger partial charge on any atom is -0.463 e. The summed E-state index contributed by atoms with van der Waals surface area (Å²) in [6, 6.07) is 0. The van der Waals surface area contributed by atoms with Gasteiger partial charge in [0.25, 0.3) is 0 Å². The van der Waals surface area contributed by atoms with E-state index >= 15 is 0 Å². The van der Waals surface area contributed by atoms with Crippen molar-refractivity contribution in [2.24, 2.45) is 0 Å². The fourth-order valence-electron chi connectivity index (χ4n) is 1.80. The predicted molar refractivity (Wildman–Crippen MR) is 83.9 cm³/mol. The molecule has 0 heterocycles. The molecule has 0 N–H and O–H groups in total. The van der Waals surface area contributed by atoms with Gasteiger partial charge in [0, 0.05) is 12.2 Å². The second-order valence-corrected chi connectivity index (χ2v) is 4.81. The van der Waals surface area contributed by atoms with Crippen molar-refractivity contribution in [2.75, 3.05) is 13.2 Å². The molecule has 4 nitrogen and oxygen atoms in total. The van der Waals surface area contributed by atoms with Crippen molar-refractivity contribution in [3.05, 3.63) is 24.3 Å². The van der Waals surface area contributed by atoms with Crippen LogP contribution in [0.25, 0.3) is 0 Å². The van der Waals surface area contributed by atoms with Gasteiger partial charge in [0.2, 0.25) is 0 Å². The van der Waals surface area contributed by atoms with Crippen LogP contribution in [0.4, 0.5) is 0 Å². The molecule has 0 bridgehead atoms. The lowest BCUT2D eigenvalue weighted by atomic mass is 10.1. The van der Waals surface area contributed by atoms with E-state index < -0.39 is 0 Å². The summed E-state index contributed by atoms with van der Waals surface area (Å²) in [5.41, 5.74) is 0. The topological polar surface area (TPSA) is 52.6 Å². The normalized spacial score (nSPS) is 11.1. The van der Waals surface area contributed by atoms with Crippen molar-refractivity contribution in [3.8, 4) is 0 Å². The molecule has 0 aromatic carbocycles. The molecule has 0 aliphatic heterocycles. The lowest BCUT2D eigenvalue weighted by molar-refractivity contribution is -0.138. The van der Waals surface area contributed by atoms with Gasteiger partial charge in [-0.05, 0) is 26.7 Å². The van der Waals surface area contributed by atoms with Gasteiger partial charge >= 0.3 is 11.9 Å². The van der Waals surface area contributed by atoms with Crippen LogP contribution in [0.1, 0.15) is 58.8 Å². The maximum absolute atomic E-state index is 11.0. The summed E-state index contributed by atoms with van der Waals surface area (Å²) in [5, 5.41) is 0. The maximum atomic E-state index is 11.0. The Morgan fingerprint density at radius 3 is 1.33 bits per heavy atom. The van der Waals surface area contributed by atoms with Crippen molar-refractivity contribution in [2.45, 2.75) is 58.8 Å². The average Bonchev–Trinajstić information content (AvgIpc) is 2.45. The van der Waals surface area contributed by atoms with E-state index in [1.165, 1.54) is 18.6 Å². The zero-order valence-electron chi connectivity index (χ0n) is 13.3. The van der Waals surface area contributed by atoms with E-state index in [0.717, 1.165) is 38.5 Å². The molecular formula is C17H28O4. The lowest BCUT2D eigenvalue weighted by Crippen LogP contribution is -2.02. The van der Waals surface area contributed by atoms with Gasteiger partial charge in [-0.1, -0.05) is 44.3 Å². The molecule has 0 aliphatic carbocycles. The molecule has 120 valence electrons. The van der Waals surface area contributed by atoms with E-state index in [4.69, 9.17) is 9.47 Å². The van der Waals surface area contributed by atoms with Crippen molar-refractivity contribution >= 4 is 11.9 Å². The Kier molecular flexibility index (Phi) is 13.7. The van der Waals surface area contributed by atoms with Crippen molar-refractivity contribution in [1.29, 1.82) is 0 Å². The zero-order chi connectivity index (χ0) is 15.8. The molecule has 0 rings (SSSR count). The first-order valence-corrected chi connectivity index (χ1v) is 7.79. The van der Waals surface area contributed by atoms with E-state index in [1.807, 2.05) is 0 Å². The molecule has 0 radical (unpaired) electrons. The Morgan fingerprint density at radius 2 is 1.00 bits per heavy atom. The van der Waals surface area contributed by atoms with Gasteiger partial charge in [0.15, 0.2) is 0 Å². The Balaban J connectivity index is 3.19. The standard InChI is InChI=1S/C17H28O4/c1-3-12-16(18)20-14-10-8-6-5-7-9-11-15-21-17(19)13-4-2/h3-4,12-13H,5-11,14-15H2,1-2H3. The molecule has 0 saturated heterocycles. The summed E-state index contributed by atoms with van der Waals surface area (Å²) in [4.78, 5) is 22.0. The lowest BCUT2D eigenvalue weighted by Gasteiger charge is -2.03.